The SMILES string of the molecule is CCC(C#N)C(=O)N1CCC2CCCCC21. The molecule has 0 spiro atoms. The van der Waals surface area contributed by atoms with Gasteiger partial charge in [0.25, 0.3) is 0 Å². The minimum absolute atomic E-state index is 0.0828. The summed E-state index contributed by atoms with van der Waals surface area (Å²) in [5.41, 5.74) is 0. The van der Waals surface area contributed by atoms with Crippen molar-refractivity contribution in [3.05, 3.63) is 0 Å². The van der Waals surface area contributed by atoms with Gasteiger partial charge in [0, 0.05) is 12.6 Å². The lowest BCUT2D eigenvalue weighted by Crippen LogP contribution is -2.42. The van der Waals surface area contributed by atoms with Crippen molar-refractivity contribution in [2.45, 2.75) is 51.5 Å². The van der Waals surface area contributed by atoms with Crippen LogP contribution in [0, 0.1) is 23.2 Å². The summed E-state index contributed by atoms with van der Waals surface area (Å²) in [5.74, 6) is 0.383. The highest BCUT2D eigenvalue weighted by Gasteiger charge is 2.39. The molecule has 3 atom stereocenters. The summed E-state index contributed by atoms with van der Waals surface area (Å²) in [6, 6.07) is 2.58. The number of nitrogens with zero attached hydrogens (tertiary/aromatic N) is 2. The van der Waals surface area contributed by atoms with Crippen LogP contribution in [0.4, 0.5) is 0 Å². The zero-order valence-electron chi connectivity index (χ0n) is 9.98. The number of hydrogen-bond donors (Lipinski definition) is 0. The molecule has 0 aromatic heterocycles. The van der Waals surface area contributed by atoms with Crippen LogP contribution in [0.3, 0.4) is 0 Å². The van der Waals surface area contributed by atoms with Crippen molar-refractivity contribution in [3.63, 3.8) is 0 Å². The Morgan fingerprint density at radius 1 is 1.44 bits per heavy atom. The molecular weight excluding hydrogens is 200 g/mol. The first-order chi connectivity index (χ1) is 7.77. The maximum Gasteiger partial charge on any atom is 0.240 e. The van der Waals surface area contributed by atoms with Crippen LogP contribution in [0.15, 0.2) is 0 Å². The minimum atomic E-state index is -0.416. The van der Waals surface area contributed by atoms with Crippen LogP contribution < -0.4 is 0 Å². The van der Waals surface area contributed by atoms with Gasteiger partial charge in [-0.25, -0.2) is 0 Å². The van der Waals surface area contributed by atoms with Gasteiger partial charge in [-0.3, -0.25) is 4.79 Å². The van der Waals surface area contributed by atoms with Gasteiger partial charge in [-0.2, -0.15) is 5.26 Å². The van der Waals surface area contributed by atoms with E-state index in [0.717, 1.165) is 19.4 Å². The average molecular weight is 220 g/mol. The molecule has 88 valence electrons. The number of nitriles is 1. The molecule has 1 heterocycles. The van der Waals surface area contributed by atoms with Crippen molar-refractivity contribution in [3.8, 4) is 6.07 Å². The van der Waals surface area contributed by atoms with Gasteiger partial charge in [0.2, 0.25) is 5.91 Å². The Balaban J connectivity index is 2.05. The van der Waals surface area contributed by atoms with Crippen LogP contribution in [-0.2, 0) is 4.79 Å². The number of fused-ring (bicyclic) bond motifs is 1. The predicted octanol–water partition coefficient (Wildman–Crippen LogP) is 2.33. The monoisotopic (exact) mass is 220 g/mol. The Morgan fingerprint density at radius 3 is 2.88 bits per heavy atom. The van der Waals surface area contributed by atoms with Crippen LogP contribution >= 0.6 is 0 Å². The van der Waals surface area contributed by atoms with Crippen LogP contribution in [0.25, 0.3) is 0 Å². The van der Waals surface area contributed by atoms with Gasteiger partial charge in [0.1, 0.15) is 5.92 Å². The normalized spacial score (nSPS) is 30.6. The van der Waals surface area contributed by atoms with Crippen LogP contribution in [0.5, 0.6) is 0 Å². The lowest BCUT2D eigenvalue weighted by Gasteiger charge is -2.32. The van der Waals surface area contributed by atoms with E-state index in [1.54, 1.807) is 0 Å². The van der Waals surface area contributed by atoms with Crippen molar-refractivity contribution < 1.29 is 4.79 Å². The first kappa shape index (κ1) is 11.4. The van der Waals surface area contributed by atoms with Gasteiger partial charge in [-0.15, -0.1) is 0 Å². The van der Waals surface area contributed by atoms with Crippen molar-refractivity contribution in [1.29, 1.82) is 5.26 Å². The van der Waals surface area contributed by atoms with Gasteiger partial charge in [0.15, 0.2) is 0 Å². The van der Waals surface area contributed by atoms with Crippen molar-refractivity contribution >= 4 is 5.91 Å². The second-order valence-electron chi connectivity index (χ2n) is 5.02. The van der Waals surface area contributed by atoms with Gasteiger partial charge in [-0.1, -0.05) is 19.8 Å². The molecule has 2 rings (SSSR count). The third-order valence-electron chi connectivity index (χ3n) is 4.16. The fourth-order valence-corrected chi connectivity index (χ4v) is 3.20. The molecule has 0 aromatic carbocycles. The lowest BCUT2D eigenvalue weighted by atomic mass is 9.85. The van der Waals surface area contributed by atoms with E-state index in [0.29, 0.717) is 18.4 Å². The summed E-state index contributed by atoms with van der Waals surface area (Å²) in [5, 5.41) is 8.96. The topological polar surface area (TPSA) is 44.1 Å². The van der Waals surface area contributed by atoms with Gasteiger partial charge in [-0.05, 0) is 31.6 Å². The quantitative estimate of drug-likeness (QED) is 0.717. The molecule has 1 aliphatic heterocycles. The van der Waals surface area contributed by atoms with Gasteiger partial charge in [0.05, 0.1) is 6.07 Å². The third kappa shape index (κ3) is 1.93. The molecule has 3 unspecified atom stereocenters. The molecular formula is C13H20N2O. The van der Waals surface area contributed by atoms with E-state index < -0.39 is 5.92 Å². The van der Waals surface area contributed by atoms with E-state index in [-0.39, 0.29) is 5.91 Å². The largest absolute Gasteiger partial charge is 0.338 e. The summed E-state index contributed by atoms with van der Waals surface area (Å²) in [6.45, 7) is 2.80. The van der Waals surface area contributed by atoms with Crippen molar-refractivity contribution in [2.75, 3.05) is 6.54 Å². The van der Waals surface area contributed by atoms with Gasteiger partial charge < -0.3 is 4.90 Å². The maximum absolute atomic E-state index is 12.2. The average Bonchev–Trinajstić information content (AvgIpc) is 2.74. The Hall–Kier alpha value is -1.04. The minimum Gasteiger partial charge on any atom is -0.338 e. The zero-order chi connectivity index (χ0) is 11.5. The van der Waals surface area contributed by atoms with Crippen LogP contribution in [0.1, 0.15) is 45.4 Å². The van der Waals surface area contributed by atoms with Crippen LogP contribution in [0.2, 0.25) is 0 Å². The molecule has 1 amide bonds. The number of carbonyl (C=O) groups excluding carboxylic acids is 1. The Morgan fingerprint density at radius 2 is 2.19 bits per heavy atom. The molecule has 3 heteroatoms. The second-order valence-corrected chi connectivity index (χ2v) is 5.02. The molecule has 2 fully saturated rings. The summed E-state index contributed by atoms with van der Waals surface area (Å²) < 4.78 is 0. The first-order valence-corrected chi connectivity index (χ1v) is 6.48. The smallest absolute Gasteiger partial charge is 0.240 e. The summed E-state index contributed by atoms with van der Waals surface area (Å²) in [4.78, 5) is 14.2. The molecule has 3 nitrogen and oxygen atoms in total. The van der Waals surface area contributed by atoms with E-state index in [1.165, 1.54) is 19.3 Å². The van der Waals surface area contributed by atoms with E-state index in [1.807, 2.05) is 11.8 Å². The number of rotatable bonds is 2. The molecule has 1 aliphatic carbocycles. The Bertz CT molecular complexity index is 308. The van der Waals surface area contributed by atoms with E-state index in [4.69, 9.17) is 5.26 Å². The number of carbonyl (C=O) groups is 1. The molecule has 1 saturated heterocycles. The molecule has 0 radical (unpaired) electrons. The second kappa shape index (κ2) is 4.86. The number of likely N-dealkylation sites (tertiary alicyclic amines) is 1. The zero-order valence-corrected chi connectivity index (χ0v) is 9.98. The van der Waals surface area contributed by atoms with E-state index >= 15 is 0 Å². The molecule has 0 bridgehead atoms. The predicted molar refractivity (Wildman–Crippen MR) is 61.5 cm³/mol. The maximum atomic E-state index is 12.2. The van der Waals surface area contributed by atoms with Gasteiger partial charge >= 0.3 is 0 Å². The molecule has 16 heavy (non-hydrogen) atoms. The van der Waals surface area contributed by atoms with Crippen molar-refractivity contribution in [1.82, 2.24) is 4.90 Å². The fourth-order valence-electron chi connectivity index (χ4n) is 3.20. The molecule has 2 aliphatic rings. The van der Waals surface area contributed by atoms with Crippen LogP contribution in [-0.4, -0.2) is 23.4 Å². The molecule has 0 N–H and O–H groups in total. The first-order valence-electron chi connectivity index (χ1n) is 6.48. The highest BCUT2D eigenvalue weighted by molar-refractivity contribution is 5.81. The van der Waals surface area contributed by atoms with E-state index in [2.05, 4.69) is 6.07 Å². The Kier molecular flexibility index (Phi) is 3.48. The number of hydrogen-bond acceptors (Lipinski definition) is 2. The highest BCUT2D eigenvalue weighted by atomic mass is 16.2. The summed E-state index contributed by atoms with van der Waals surface area (Å²) in [6.07, 6.45) is 6.78. The summed E-state index contributed by atoms with van der Waals surface area (Å²) >= 11 is 0. The lowest BCUT2D eigenvalue weighted by molar-refractivity contribution is -0.135. The summed E-state index contributed by atoms with van der Waals surface area (Å²) in [7, 11) is 0. The highest BCUT2D eigenvalue weighted by Crippen LogP contribution is 2.36. The molecule has 0 aromatic rings. The fraction of sp³-hybridized carbons (Fsp3) is 0.846. The standard InChI is InChI=1S/C13H20N2O/c1-2-10(9-14)13(16)15-8-7-11-5-3-4-6-12(11)15/h10-12H,2-8H2,1H3. The van der Waals surface area contributed by atoms with Crippen molar-refractivity contribution in [2.24, 2.45) is 11.8 Å². The molecule has 1 saturated carbocycles. The number of amides is 1. The third-order valence-corrected chi connectivity index (χ3v) is 4.16. The van der Waals surface area contributed by atoms with E-state index in [9.17, 15) is 4.79 Å². The Labute approximate surface area is 97.4 Å².